The minimum Gasteiger partial charge on any atom is -0.384 e. The van der Waals surface area contributed by atoms with E-state index in [1.807, 2.05) is 24.3 Å². The van der Waals surface area contributed by atoms with E-state index >= 15 is 0 Å². The molecule has 7 nitrogen and oxygen atoms in total. The molecule has 41 heavy (non-hydrogen) atoms. The van der Waals surface area contributed by atoms with Gasteiger partial charge in [-0.2, -0.15) is 18.3 Å². The lowest BCUT2D eigenvalue weighted by Gasteiger charge is -2.20. The van der Waals surface area contributed by atoms with Crippen LogP contribution in [0, 0.1) is 5.41 Å². The summed E-state index contributed by atoms with van der Waals surface area (Å²) in [6.45, 7) is 3.42. The van der Waals surface area contributed by atoms with Gasteiger partial charge in [-0.3, -0.25) is 15.1 Å². The number of carbonyl (C=O) groups is 1. The van der Waals surface area contributed by atoms with Crippen LogP contribution in [0.1, 0.15) is 45.7 Å². The molecule has 6 rings (SSSR count). The van der Waals surface area contributed by atoms with Gasteiger partial charge < -0.3 is 10.6 Å². The normalized spacial score (nSPS) is 15.3. The summed E-state index contributed by atoms with van der Waals surface area (Å²) in [6, 6.07) is 21.1. The number of amidine groups is 1. The first-order chi connectivity index (χ1) is 19.7. The van der Waals surface area contributed by atoms with Gasteiger partial charge in [0.15, 0.2) is 5.69 Å². The summed E-state index contributed by atoms with van der Waals surface area (Å²) in [7, 11) is 0. The van der Waals surface area contributed by atoms with E-state index in [2.05, 4.69) is 28.2 Å². The van der Waals surface area contributed by atoms with Crippen LogP contribution in [0.25, 0.3) is 16.8 Å². The SMILES string of the molecule is N=C(N)c1cccc(-n2nc(C(F)(F)F)cc2C(=O)N2CCc3cc(-c4ccccc4CN4CCCC4)ccc32)c1. The topological polar surface area (TPSA) is 91.2 Å². The fourth-order valence-corrected chi connectivity index (χ4v) is 5.71. The lowest BCUT2D eigenvalue weighted by atomic mass is 9.97. The Morgan fingerprint density at radius 3 is 2.49 bits per heavy atom. The maximum Gasteiger partial charge on any atom is 0.435 e. The third kappa shape index (κ3) is 5.22. The van der Waals surface area contributed by atoms with Crippen LogP contribution in [0.2, 0.25) is 0 Å². The Kier molecular flexibility index (Phi) is 6.86. The first kappa shape index (κ1) is 26.8. The summed E-state index contributed by atoms with van der Waals surface area (Å²) in [5.74, 6) is -0.823. The van der Waals surface area contributed by atoms with E-state index in [1.165, 1.54) is 35.4 Å². The number of alkyl halides is 3. The lowest BCUT2D eigenvalue weighted by Crippen LogP contribution is -2.30. The fraction of sp³-hybridized carbons (Fsp3) is 0.258. The van der Waals surface area contributed by atoms with Crippen molar-refractivity contribution in [2.75, 3.05) is 24.5 Å². The largest absolute Gasteiger partial charge is 0.435 e. The third-order valence-corrected chi connectivity index (χ3v) is 7.76. The van der Waals surface area contributed by atoms with Gasteiger partial charge in [0.1, 0.15) is 11.5 Å². The maximum atomic E-state index is 13.8. The summed E-state index contributed by atoms with van der Waals surface area (Å²) >= 11 is 0. The molecule has 0 spiro atoms. The van der Waals surface area contributed by atoms with Crippen LogP contribution in [0.4, 0.5) is 18.9 Å². The first-order valence-corrected chi connectivity index (χ1v) is 13.6. The molecule has 0 radical (unpaired) electrons. The smallest absolute Gasteiger partial charge is 0.384 e. The van der Waals surface area contributed by atoms with E-state index in [0.717, 1.165) is 47.1 Å². The summed E-state index contributed by atoms with van der Waals surface area (Å²) in [4.78, 5) is 17.8. The van der Waals surface area contributed by atoms with Crippen molar-refractivity contribution >= 4 is 17.4 Å². The number of nitrogens with one attached hydrogen (secondary N) is 1. The zero-order valence-electron chi connectivity index (χ0n) is 22.3. The molecule has 3 N–H and O–H groups in total. The van der Waals surface area contributed by atoms with Crippen LogP contribution in [0.5, 0.6) is 0 Å². The van der Waals surface area contributed by atoms with E-state index in [4.69, 9.17) is 11.1 Å². The molecule has 1 aromatic heterocycles. The molecular weight excluding hydrogens is 529 g/mol. The quantitative estimate of drug-likeness (QED) is 0.237. The van der Waals surface area contributed by atoms with Crippen LogP contribution in [0.3, 0.4) is 0 Å². The number of anilines is 1. The fourth-order valence-electron chi connectivity index (χ4n) is 5.71. The van der Waals surface area contributed by atoms with Crippen molar-refractivity contribution in [1.29, 1.82) is 5.41 Å². The number of nitrogens with zero attached hydrogens (tertiary/aromatic N) is 4. The second-order valence-electron chi connectivity index (χ2n) is 10.5. The van der Waals surface area contributed by atoms with E-state index in [-0.39, 0.29) is 17.2 Å². The number of nitrogen functional groups attached to an aromatic ring is 1. The first-order valence-electron chi connectivity index (χ1n) is 13.6. The van der Waals surface area contributed by atoms with Crippen LogP contribution in [0.15, 0.2) is 72.8 Å². The Morgan fingerprint density at radius 1 is 0.951 bits per heavy atom. The van der Waals surface area contributed by atoms with Crippen molar-refractivity contribution in [3.8, 4) is 16.8 Å². The van der Waals surface area contributed by atoms with Crippen LogP contribution in [-0.4, -0.2) is 46.1 Å². The highest BCUT2D eigenvalue weighted by Gasteiger charge is 2.38. The highest BCUT2D eigenvalue weighted by atomic mass is 19.4. The monoisotopic (exact) mass is 558 g/mol. The predicted molar refractivity (Wildman–Crippen MR) is 151 cm³/mol. The molecule has 1 amide bonds. The molecule has 2 aliphatic heterocycles. The predicted octanol–water partition coefficient (Wildman–Crippen LogP) is 5.64. The van der Waals surface area contributed by atoms with Gasteiger partial charge in [-0.05, 0) is 78.9 Å². The number of amides is 1. The molecule has 1 fully saturated rings. The molecule has 2 aliphatic rings. The van der Waals surface area contributed by atoms with Crippen molar-refractivity contribution in [3.05, 3.63) is 101 Å². The Morgan fingerprint density at radius 2 is 1.73 bits per heavy atom. The molecule has 0 saturated carbocycles. The third-order valence-electron chi connectivity index (χ3n) is 7.76. The zero-order chi connectivity index (χ0) is 28.7. The van der Waals surface area contributed by atoms with Gasteiger partial charge in [0.25, 0.3) is 5.91 Å². The molecule has 0 bridgehead atoms. The molecule has 3 aromatic carbocycles. The van der Waals surface area contributed by atoms with Crippen LogP contribution >= 0.6 is 0 Å². The number of halogens is 3. The van der Waals surface area contributed by atoms with E-state index in [9.17, 15) is 18.0 Å². The number of rotatable bonds is 6. The summed E-state index contributed by atoms with van der Waals surface area (Å²) in [6.07, 6.45) is -1.71. The maximum absolute atomic E-state index is 13.8. The summed E-state index contributed by atoms with van der Waals surface area (Å²) < 4.78 is 42.1. The Hall–Kier alpha value is -4.44. The lowest BCUT2D eigenvalue weighted by molar-refractivity contribution is -0.141. The van der Waals surface area contributed by atoms with Gasteiger partial charge in [-0.15, -0.1) is 0 Å². The number of nitrogens with two attached hydrogens (primary N) is 1. The summed E-state index contributed by atoms with van der Waals surface area (Å²) in [5, 5.41) is 11.4. The Bertz CT molecular complexity index is 1640. The molecule has 1 saturated heterocycles. The number of hydrogen-bond donors (Lipinski definition) is 2. The number of fused-ring (bicyclic) bond motifs is 1. The Balaban J connectivity index is 1.34. The average molecular weight is 559 g/mol. The molecule has 210 valence electrons. The number of carbonyl (C=O) groups excluding carboxylic acids is 1. The van der Waals surface area contributed by atoms with E-state index < -0.39 is 17.8 Å². The molecular formula is C31H29F3N6O. The Labute approximate surface area is 235 Å². The average Bonchev–Trinajstić information content (AvgIpc) is 3.72. The van der Waals surface area contributed by atoms with Crippen LogP contribution in [-0.2, 0) is 19.1 Å². The van der Waals surface area contributed by atoms with Crippen molar-refractivity contribution in [1.82, 2.24) is 14.7 Å². The molecule has 10 heteroatoms. The number of hydrogen-bond acceptors (Lipinski definition) is 4. The number of aromatic nitrogens is 2. The van der Waals surface area contributed by atoms with Gasteiger partial charge in [-0.1, -0.05) is 42.5 Å². The van der Waals surface area contributed by atoms with Crippen LogP contribution < -0.4 is 10.6 Å². The zero-order valence-corrected chi connectivity index (χ0v) is 22.3. The van der Waals surface area contributed by atoms with Gasteiger partial charge >= 0.3 is 6.18 Å². The van der Waals surface area contributed by atoms with Crippen molar-refractivity contribution < 1.29 is 18.0 Å². The number of likely N-dealkylation sites (tertiary alicyclic amines) is 1. The molecule has 0 unspecified atom stereocenters. The van der Waals surface area contributed by atoms with Crippen molar-refractivity contribution in [2.45, 2.75) is 32.0 Å². The standard InChI is InChI=1S/C31H29F3N6O/c32-31(33,34)28-18-27(40(37-28)24-8-5-7-22(17-24)29(35)36)30(41)39-15-12-21-16-20(10-11-26(21)39)25-9-2-1-6-23(25)19-38-13-3-4-14-38/h1-2,5-11,16-18H,3-4,12-15,19H2,(H3,35,36). The van der Waals surface area contributed by atoms with E-state index in [0.29, 0.717) is 24.2 Å². The second kappa shape index (κ2) is 10.5. The summed E-state index contributed by atoms with van der Waals surface area (Å²) in [5.41, 5.74) is 9.81. The van der Waals surface area contributed by atoms with Gasteiger partial charge in [0.2, 0.25) is 0 Å². The molecule has 3 heterocycles. The second-order valence-corrected chi connectivity index (χ2v) is 10.5. The van der Waals surface area contributed by atoms with Crippen molar-refractivity contribution in [2.24, 2.45) is 5.73 Å². The minimum absolute atomic E-state index is 0.209. The highest BCUT2D eigenvalue weighted by Crippen LogP contribution is 2.36. The molecule has 0 atom stereocenters. The highest BCUT2D eigenvalue weighted by molar-refractivity contribution is 6.07. The van der Waals surface area contributed by atoms with Gasteiger partial charge in [-0.25, -0.2) is 4.68 Å². The van der Waals surface area contributed by atoms with Gasteiger partial charge in [0.05, 0.1) is 5.69 Å². The van der Waals surface area contributed by atoms with Gasteiger partial charge in [0, 0.05) is 30.4 Å². The molecule has 4 aromatic rings. The molecule has 0 aliphatic carbocycles. The van der Waals surface area contributed by atoms with Crippen molar-refractivity contribution in [3.63, 3.8) is 0 Å². The minimum atomic E-state index is -4.74. The number of benzene rings is 3. The van der Waals surface area contributed by atoms with E-state index in [1.54, 1.807) is 12.1 Å².